The molecular formula is C46H28N4. The Morgan fingerprint density at radius 3 is 1.78 bits per heavy atom. The topological polar surface area (TPSA) is 35.6 Å². The van der Waals surface area contributed by atoms with Crippen molar-refractivity contribution in [2.24, 2.45) is 0 Å². The summed E-state index contributed by atoms with van der Waals surface area (Å²) in [5.74, 6) is 0.658. The molecule has 0 radical (unpaired) electrons. The molecule has 50 heavy (non-hydrogen) atoms. The Kier molecular flexibility index (Phi) is 5.63. The van der Waals surface area contributed by atoms with Gasteiger partial charge in [0.1, 0.15) is 0 Å². The average molecular weight is 637 g/mol. The van der Waals surface area contributed by atoms with Crippen LogP contribution in [0.2, 0.25) is 0 Å². The van der Waals surface area contributed by atoms with Crippen molar-refractivity contribution in [1.29, 1.82) is 0 Å². The molecule has 11 aromatic rings. The Labute approximate surface area is 287 Å². The molecular weight excluding hydrogens is 609 g/mol. The summed E-state index contributed by atoms with van der Waals surface area (Å²) < 4.78 is 4.66. The molecule has 8 aromatic carbocycles. The Bertz CT molecular complexity index is 3150. The number of benzene rings is 8. The minimum absolute atomic E-state index is 0.658. The largest absolute Gasteiger partial charge is 0.309 e. The van der Waals surface area contributed by atoms with E-state index in [4.69, 9.17) is 9.97 Å². The van der Waals surface area contributed by atoms with Crippen LogP contribution in [-0.2, 0) is 0 Å². The van der Waals surface area contributed by atoms with E-state index in [1.165, 1.54) is 48.6 Å². The van der Waals surface area contributed by atoms with Crippen LogP contribution in [0.25, 0.3) is 99.0 Å². The van der Waals surface area contributed by atoms with Crippen molar-refractivity contribution in [3.8, 4) is 22.9 Å². The molecule has 11 rings (SSSR count). The maximum atomic E-state index is 5.41. The van der Waals surface area contributed by atoms with Crippen LogP contribution in [0.4, 0.5) is 0 Å². The number of para-hydroxylation sites is 3. The molecule has 0 amide bonds. The summed E-state index contributed by atoms with van der Waals surface area (Å²) in [6.45, 7) is 0. The van der Waals surface area contributed by atoms with Crippen LogP contribution in [0.3, 0.4) is 0 Å². The summed E-state index contributed by atoms with van der Waals surface area (Å²) >= 11 is 0. The lowest BCUT2D eigenvalue weighted by Gasteiger charge is -2.13. The molecule has 4 heteroatoms. The van der Waals surface area contributed by atoms with Gasteiger partial charge in [0.15, 0.2) is 0 Å². The summed E-state index contributed by atoms with van der Waals surface area (Å²) in [5, 5.41) is 10.7. The smallest absolute Gasteiger partial charge is 0.235 e. The quantitative estimate of drug-likeness (QED) is 0.193. The molecule has 0 aliphatic heterocycles. The van der Waals surface area contributed by atoms with Crippen molar-refractivity contribution < 1.29 is 0 Å². The van der Waals surface area contributed by atoms with Crippen LogP contribution < -0.4 is 0 Å². The number of hydrogen-bond donors (Lipinski definition) is 0. The zero-order valence-electron chi connectivity index (χ0n) is 27.0. The van der Waals surface area contributed by atoms with Gasteiger partial charge in [-0.1, -0.05) is 115 Å². The van der Waals surface area contributed by atoms with Crippen molar-refractivity contribution in [1.82, 2.24) is 19.1 Å². The van der Waals surface area contributed by atoms with Crippen LogP contribution in [-0.4, -0.2) is 19.1 Å². The second-order valence-electron chi connectivity index (χ2n) is 13.1. The van der Waals surface area contributed by atoms with Crippen molar-refractivity contribution in [3.05, 3.63) is 170 Å². The van der Waals surface area contributed by atoms with Gasteiger partial charge in [0.05, 0.1) is 33.3 Å². The van der Waals surface area contributed by atoms with Crippen molar-refractivity contribution in [3.63, 3.8) is 0 Å². The highest BCUT2D eigenvalue weighted by atomic mass is 15.2. The van der Waals surface area contributed by atoms with Crippen LogP contribution >= 0.6 is 0 Å². The monoisotopic (exact) mass is 636 g/mol. The maximum absolute atomic E-state index is 5.41. The molecule has 0 spiro atoms. The van der Waals surface area contributed by atoms with Gasteiger partial charge >= 0.3 is 0 Å². The van der Waals surface area contributed by atoms with E-state index < -0.39 is 0 Å². The van der Waals surface area contributed by atoms with E-state index in [2.05, 4.69) is 179 Å². The van der Waals surface area contributed by atoms with Gasteiger partial charge in [-0.25, -0.2) is 9.97 Å². The zero-order valence-corrected chi connectivity index (χ0v) is 27.0. The number of rotatable bonds is 3. The summed E-state index contributed by atoms with van der Waals surface area (Å²) in [6.07, 6.45) is 0. The molecule has 3 heterocycles. The van der Waals surface area contributed by atoms with Gasteiger partial charge in [-0.2, -0.15) is 0 Å². The SMILES string of the molecule is c1ccc(-n2c3cc4ccccc4cc3c3cc4c5ccccc5n(-c5nc(-c6ccc7ccccc7c6)c6ccccc6n5)c4cc32)cc1. The van der Waals surface area contributed by atoms with Crippen LogP contribution in [0, 0.1) is 0 Å². The van der Waals surface area contributed by atoms with E-state index >= 15 is 0 Å². The molecule has 4 nitrogen and oxygen atoms in total. The minimum atomic E-state index is 0.658. The number of aromatic nitrogens is 4. The Balaban J connectivity index is 1.26. The predicted octanol–water partition coefficient (Wildman–Crippen LogP) is 11.8. The van der Waals surface area contributed by atoms with E-state index in [-0.39, 0.29) is 0 Å². The van der Waals surface area contributed by atoms with Crippen LogP contribution in [0.15, 0.2) is 170 Å². The van der Waals surface area contributed by atoms with Gasteiger partial charge in [-0.3, -0.25) is 4.57 Å². The fraction of sp³-hybridized carbons (Fsp3) is 0. The fourth-order valence-corrected chi connectivity index (χ4v) is 7.96. The summed E-state index contributed by atoms with van der Waals surface area (Å²) in [4.78, 5) is 10.7. The minimum Gasteiger partial charge on any atom is -0.309 e. The molecule has 0 aliphatic rings. The average Bonchev–Trinajstić information content (AvgIpc) is 3.67. The van der Waals surface area contributed by atoms with Crippen molar-refractivity contribution >= 4 is 76.1 Å². The molecule has 3 aromatic heterocycles. The van der Waals surface area contributed by atoms with Gasteiger partial charge in [0.25, 0.3) is 0 Å². The molecule has 0 unspecified atom stereocenters. The van der Waals surface area contributed by atoms with Crippen LogP contribution in [0.1, 0.15) is 0 Å². The first-order valence-corrected chi connectivity index (χ1v) is 17.0. The van der Waals surface area contributed by atoms with E-state index in [1.807, 2.05) is 0 Å². The first-order chi connectivity index (χ1) is 24.8. The van der Waals surface area contributed by atoms with E-state index in [9.17, 15) is 0 Å². The van der Waals surface area contributed by atoms with Crippen molar-refractivity contribution in [2.45, 2.75) is 0 Å². The third kappa shape index (κ3) is 3.93. The second kappa shape index (κ2) is 10.4. The first-order valence-electron chi connectivity index (χ1n) is 17.0. The number of hydrogen-bond acceptors (Lipinski definition) is 2. The summed E-state index contributed by atoms with van der Waals surface area (Å²) in [6, 6.07) is 60.8. The fourth-order valence-electron chi connectivity index (χ4n) is 7.96. The number of fused-ring (bicyclic) bond motifs is 9. The molecule has 232 valence electrons. The Hall–Kier alpha value is -6.78. The maximum Gasteiger partial charge on any atom is 0.235 e. The first kappa shape index (κ1) is 27.2. The van der Waals surface area contributed by atoms with E-state index in [0.717, 1.165) is 44.4 Å². The second-order valence-corrected chi connectivity index (χ2v) is 13.1. The van der Waals surface area contributed by atoms with Gasteiger partial charge in [0.2, 0.25) is 5.95 Å². The highest BCUT2D eigenvalue weighted by Crippen LogP contribution is 2.41. The van der Waals surface area contributed by atoms with Gasteiger partial charge in [0, 0.05) is 38.2 Å². The van der Waals surface area contributed by atoms with Crippen LogP contribution in [0.5, 0.6) is 0 Å². The normalized spacial score (nSPS) is 12.0. The number of nitrogens with zero attached hydrogens (tertiary/aromatic N) is 4. The van der Waals surface area contributed by atoms with Gasteiger partial charge in [-0.15, -0.1) is 0 Å². The third-order valence-corrected chi connectivity index (χ3v) is 10.3. The van der Waals surface area contributed by atoms with E-state index in [1.54, 1.807) is 0 Å². The molecule has 0 saturated heterocycles. The summed E-state index contributed by atoms with van der Waals surface area (Å²) in [5.41, 5.74) is 8.53. The lowest BCUT2D eigenvalue weighted by molar-refractivity contribution is 1.01. The lowest BCUT2D eigenvalue weighted by Crippen LogP contribution is -2.03. The van der Waals surface area contributed by atoms with Gasteiger partial charge in [-0.05, 0) is 76.1 Å². The van der Waals surface area contributed by atoms with E-state index in [0.29, 0.717) is 5.95 Å². The Morgan fingerprint density at radius 2 is 0.940 bits per heavy atom. The summed E-state index contributed by atoms with van der Waals surface area (Å²) in [7, 11) is 0. The standard InChI is InChI=1S/C46H28N4/c1-2-16-34(17-3-1)49-42-26-32-15-7-6-14-31(32)25-37(42)39-27-38-35-18-9-11-21-41(35)50(44(38)28-43(39)49)46-47-40-20-10-8-19-36(40)45(48-46)33-23-22-29-12-4-5-13-30(29)24-33/h1-28H. The molecule has 0 fully saturated rings. The molecule has 0 aliphatic carbocycles. The zero-order chi connectivity index (χ0) is 32.8. The van der Waals surface area contributed by atoms with Gasteiger partial charge < -0.3 is 4.57 Å². The Morgan fingerprint density at radius 1 is 0.340 bits per heavy atom. The lowest BCUT2D eigenvalue weighted by atomic mass is 10.0. The molecule has 0 atom stereocenters. The molecule has 0 bridgehead atoms. The highest BCUT2D eigenvalue weighted by molar-refractivity contribution is 6.20. The molecule has 0 saturated carbocycles. The van der Waals surface area contributed by atoms with Crippen molar-refractivity contribution in [2.75, 3.05) is 0 Å². The molecule has 0 N–H and O–H groups in total. The highest BCUT2D eigenvalue weighted by Gasteiger charge is 2.21. The predicted molar refractivity (Wildman–Crippen MR) is 209 cm³/mol. The third-order valence-electron chi connectivity index (χ3n) is 10.3.